The Morgan fingerprint density at radius 2 is 2.29 bits per heavy atom. The van der Waals surface area contributed by atoms with E-state index in [1.165, 1.54) is 11.1 Å². The lowest BCUT2D eigenvalue weighted by Gasteiger charge is -2.46. The molecule has 0 aliphatic carbocycles. The summed E-state index contributed by atoms with van der Waals surface area (Å²) in [5.74, 6) is 0.914. The Morgan fingerprint density at radius 1 is 1.53 bits per heavy atom. The van der Waals surface area contributed by atoms with Gasteiger partial charge in [0.2, 0.25) is 0 Å². The van der Waals surface area contributed by atoms with Crippen LogP contribution in [0.25, 0.3) is 0 Å². The first-order valence-corrected chi connectivity index (χ1v) is 6.75. The fourth-order valence-corrected chi connectivity index (χ4v) is 3.56. The van der Waals surface area contributed by atoms with Crippen LogP contribution in [-0.4, -0.2) is 10.8 Å². The molecule has 90 valence electrons. The second-order valence-electron chi connectivity index (χ2n) is 4.85. The molecule has 3 rings (SSSR count). The number of halogens is 1. The zero-order valence-corrected chi connectivity index (χ0v) is 12.0. The average molecular weight is 313 g/mol. The third-order valence-corrected chi connectivity index (χ3v) is 4.01. The highest BCUT2D eigenvalue weighted by Crippen LogP contribution is 2.44. The van der Waals surface area contributed by atoms with E-state index in [4.69, 9.17) is 17.0 Å². The Morgan fingerprint density at radius 3 is 3.06 bits per heavy atom. The van der Waals surface area contributed by atoms with Crippen molar-refractivity contribution in [2.45, 2.75) is 32.0 Å². The Balaban J connectivity index is 2.16. The maximum absolute atomic E-state index is 6.06. The molecule has 0 spiro atoms. The number of hydrogen-bond acceptors (Lipinski definition) is 2. The predicted octanol–water partition coefficient (Wildman–Crippen LogP) is 2.78. The van der Waals surface area contributed by atoms with E-state index in [1.54, 1.807) is 0 Å². The molecule has 1 aromatic carbocycles. The van der Waals surface area contributed by atoms with Crippen molar-refractivity contribution in [1.82, 2.24) is 10.6 Å². The van der Waals surface area contributed by atoms with Crippen molar-refractivity contribution < 1.29 is 4.74 Å². The largest absolute Gasteiger partial charge is 0.467 e. The molecule has 5 heteroatoms. The SMILES string of the molecule is Cc1cc(Br)c2c(c1)C1CC(C)(NC(=S)N1)O2. The maximum Gasteiger partial charge on any atom is 0.181 e. The van der Waals surface area contributed by atoms with Gasteiger partial charge in [-0.1, -0.05) is 6.07 Å². The van der Waals surface area contributed by atoms with E-state index in [0.717, 1.165) is 16.6 Å². The minimum atomic E-state index is -0.405. The average Bonchev–Trinajstić information content (AvgIpc) is 2.19. The minimum absolute atomic E-state index is 0.230. The maximum atomic E-state index is 6.06. The molecule has 2 N–H and O–H groups in total. The molecular formula is C12H13BrN2OS. The van der Waals surface area contributed by atoms with Crippen LogP contribution in [0.3, 0.4) is 0 Å². The van der Waals surface area contributed by atoms with Gasteiger partial charge in [-0.25, -0.2) is 0 Å². The summed E-state index contributed by atoms with van der Waals surface area (Å²) >= 11 is 8.78. The molecule has 2 heterocycles. The van der Waals surface area contributed by atoms with E-state index >= 15 is 0 Å². The van der Waals surface area contributed by atoms with Crippen LogP contribution < -0.4 is 15.4 Å². The van der Waals surface area contributed by atoms with Crippen LogP contribution in [0, 0.1) is 6.92 Å². The molecule has 1 aromatic rings. The number of benzene rings is 1. The number of fused-ring (bicyclic) bond motifs is 4. The van der Waals surface area contributed by atoms with E-state index in [-0.39, 0.29) is 6.04 Å². The number of aryl methyl sites for hydroxylation is 1. The minimum Gasteiger partial charge on any atom is -0.467 e. The van der Waals surface area contributed by atoms with Crippen LogP contribution in [0.2, 0.25) is 0 Å². The molecular weight excluding hydrogens is 300 g/mol. The van der Waals surface area contributed by atoms with Crippen LogP contribution >= 0.6 is 28.1 Å². The van der Waals surface area contributed by atoms with Gasteiger partial charge < -0.3 is 15.4 Å². The van der Waals surface area contributed by atoms with Crippen LogP contribution in [0.4, 0.5) is 0 Å². The Bertz CT molecular complexity index is 519. The fraction of sp³-hybridized carbons (Fsp3) is 0.417. The lowest BCUT2D eigenvalue weighted by molar-refractivity contribution is 0.0242. The van der Waals surface area contributed by atoms with Gasteiger partial charge in [0.05, 0.1) is 10.5 Å². The summed E-state index contributed by atoms with van der Waals surface area (Å²) in [6.07, 6.45) is 0.871. The summed E-state index contributed by atoms with van der Waals surface area (Å²) in [5, 5.41) is 7.15. The molecule has 1 fully saturated rings. The summed E-state index contributed by atoms with van der Waals surface area (Å²) in [5.41, 5.74) is 1.99. The van der Waals surface area contributed by atoms with Crippen molar-refractivity contribution in [3.8, 4) is 5.75 Å². The van der Waals surface area contributed by atoms with Crippen LogP contribution in [0.5, 0.6) is 5.75 Å². The van der Waals surface area contributed by atoms with Gasteiger partial charge in [0, 0.05) is 12.0 Å². The predicted molar refractivity (Wildman–Crippen MR) is 74.1 cm³/mol. The van der Waals surface area contributed by atoms with Crippen LogP contribution in [-0.2, 0) is 0 Å². The van der Waals surface area contributed by atoms with Crippen molar-refractivity contribution in [2.24, 2.45) is 0 Å². The molecule has 1 saturated heterocycles. The lowest BCUT2D eigenvalue weighted by atomic mass is 9.91. The molecule has 2 unspecified atom stereocenters. The number of thiocarbonyl (C=S) groups is 1. The quantitative estimate of drug-likeness (QED) is 0.722. The highest BCUT2D eigenvalue weighted by Gasteiger charge is 2.42. The van der Waals surface area contributed by atoms with E-state index in [0.29, 0.717) is 5.11 Å². The number of ether oxygens (including phenoxy) is 1. The first kappa shape index (κ1) is 11.3. The summed E-state index contributed by atoms with van der Waals surface area (Å²) in [7, 11) is 0. The molecule has 0 amide bonds. The van der Waals surface area contributed by atoms with Gasteiger partial charge >= 0.3 is 0 Å². The third-order valence-electron chi connectivity index (χ3n) is 3.20. The first-order chi connectivity index (χ1) is 7.97. The topological polar surface area (TPSA) is 33.3 Å². The summed E-state index contributed by atoms with van der Waals surface area (Å²) in [6.45, 7) is 4.11. The highest BCUT2D eigenvalue weighted by molar-refractivity contribution is 9.10. The molecule has 2 aliphatic heterocycles. The van der Waals surface area contributed by atoms with Gasteiger partial charge in [-0.2, -0.15) is 0 Å². The summed E-state index contributed by atoms with van der Waals surface area (Å²) in [4.78, 5) is 0. The summed E-state index contributed by atoms with van der Waals surface area (Å²) < 4.78 is 7.06. The molecule has 0 aromatic heterocycles. The van der Waals surface area contributed by atoms with Crippen molar-refractivity contribution in [2.75, 3.05) is 0 Å². The molecule has 2 aliphatic rings. The van der Waals surface area contributed by atoms with Crippen molar-refractivity contribution in [3.05, 3.63) is 27.7 Å². The number of rotatable bonds is 0. The second-order valence-corrected chi connectivity index (χ2v) is 6.12. The van der Waals surface area contributed by atoms with Crippen molar-refractivity contribution in [3.63, 3.8) is 0 Å². The van der Waals surface area contributed by atoms with Gasteiger partial charge in [-0.3, -0.25) is 0 Å². The number of nitrogens with one attached hydrogen (secondary N) is 2. The second kappa shape index (κ2) is 3.59. The summed E-state index contributed by atoms with van der Waals surface area (Å²) in [6, 6.07) is 4.46. The van der Waals surface area contributed by atoms with Gasteiger partial charge in [-0.05, 0) is 53.6 Å². The monoisotopic (exact) mass is 312 g/mol. The van der Waals surface area contributed by atoms with Crippen molar-refractivity contribution in [1.29, 1.82) is 0 Å². The molecule has 2 atom stereocenters. The fourth-order valence-electron chi connectivity index (χ4n) is 2.53. The van der Waals surface area contributed by atoms with E-state index in [9.17, 15) is 0 Å². The van der Waals surface area contributed by atoms with Crippen LogP contribution in [0.15, 0.2) is 16.6 Å². The van der Waals surface area contributed by atoms with E-state index in [2.05, 4.69) is 45.6 Å². The first-order valence-electron chi connectivity index (χ1n) is 5.55. The Hall–Kier alpha value is -0.810. The standard InChI is InChI=1S/C12H13BrN2OS/c1-6-3-7-9-5-12(2,15-11(17)14-9)16-10(7)8(13)4-6/h3-4,9H,5H2,1-2H3,(H2,14,15,17). The van der Waals surface area contributed by atoms with Gasteiger partial charge in [0.1, 0.15) is 5.75 Å². The normalized spacial score (nSPS) is 29.8. The number of hydrogen-bond donors (Lipinski definition) is 2. The van der Waals surface area contributed by atoms with E-state index < -0.39 is 5.72 Å². The molecule has 0 radical (unpaired) electrons. The van der Waals surface area contributed by atoms with E-state index in [1.807, 2.05) is 6.92 Å². The highest BCUT2D eigenvalue weighted by atomic mass is 79.9. The Kier molecular flexibility index (Phi) is 2.38. The molecule has 2 bridgehead atoms. The smallest absolute Gasteiger partial charge is 0.181 e. The third kappa shape index (κ3) is 1.81. The van der Waals surface area contributed by atoms with Gasteiger partial charge in [-0.15, -0.1) is 0 Å². The lowest BCUT2D eigenvalue weighted by Crippen LogP contribution is -2.62. The van der Waals surface area contributed by atoms with Crippen molar-refractivity contribution >= 4 is 33.3 Å². The molecule has 0 saturated carbocycles. The molecule has 17 heavy (non-hydrogen) atoms. The Labute approximate surface area is 114 Å². The zero-order valence-electron chi connectivity index (χ0n) is 9.63. The zero-order chi connectivity index (χ0) is 12.2. The van der Waals surface area contributed by atoms with Gasteiger partial charge in [0.15, 0.2) is 10.8 Å². The van der Waals surface area contributed by atoms with Gasteiger partial charge in [0.25, 0.3) is 0 Å². The van der Waals surface area contributed by atoms with Crippen LogP contribution in [0.1, 0.15) is 30.5 Å². The molecule has 3 nitrogen and oxygen atoms in total.